The first-order chi connectivity index (χ1) is 17.6. The van der Waals surface area contributed by atoms with Gasteiger partial charge >= 0.3 is 0 Å². The van der Waals surface area contributed by atoms with Crippen molar-refractivity contribution < 1.29 is 22.4 Å². The molecule has 0 unspecified atom stereocenters. The summed E-state index contributed by atoms with van der Waals surface area (Å²) in [5.41, 5.74) is 0.770. The van der Waals surface area contributed by atoms with Crippen LogP contribution in [0.4, 0.5) is 10.1 Å². The third-order valence-corrected chi connectivity index (χ3v) is 8.09. The maximum Gasteiger partial charge on any atom is 0.264 e. The molecule has 11 heteroatoms. The van der Waals surface area contributed by atoms with Gasteiger partial charge in [-0.2, -0.15) is 0 Å². The Kier molecular flexibility index (Phi) is 9.53. The van der Waals surface area contributed by atoms with Crippen molar-refractivity contribution in [3.63, 3.8) is 0 Å². The van der Waals surface area contributed by atoms with E-state index in [0.717, 1.165) is 28.6 Å². The summed E-state index contributed by atoms with van der Waals surface area (Å²) in [4.78, 5) is 27.6. The summed E-state index contributed by atoms with van der Waals surface area (Å²) in [5, 5.41) is 3.26. The molecule has 1 atom stereocenters. The monoisotopic (exact) mass is 565 g/mol. The van der Waals surface area contributed by atoms with E-state index >= 15 is 0 Å². The predicted molar refractivity (Wildman–Crippen MR) is 143 cm³/mol. The minimum Gasteiger partial charge on any atom is -0.357 e. The molecule has 3 aromatic carbocycles. The number of hydrogen-bond donors (Lipinski definition) is 1. The maximum atomic E-state index is 13.8. The number of sulfonamides is 1. The number of anilines is 1. The van der Waals surface area contributed by atoms with E-state index in [9.17, 15) is 22.4 Å². The lowest BCUT2D eigenvalue weighted by atomic mass is 10.1. The van der Waals surface area contributed by atoms with Crippen LogP contribution in [0.25, 0.3) is 0 Å². The summed E-state index contributed by atoms with van der Waals surface area (Å²) < 4.78 is 41.6. The Morgan fingerprint density at radius 1 is 1.00 bits per heavy atom. The molecule has 0 bridgehead atoms. The molecule has 0 spiro atoms. The van der Waals surface area contributed by atoms with Crippen molar-refractivity contribution in [3.8, 4) is 0 Å². The Balaban J connectivity index is 2.05. The van der Waals surface area contributed by atoms with Crippen LogP contribution in [0.3, 0.4) is 0 Å². The molecule has 196 valence electrons. The molecule has 0 aliphatic rings. The summed E-state index contributed by atoms with van der Waals surface area (Å²) in [6.07, 6.45) is 0.271. The second-order valence-corrected chi connectivity index (χ2v) is 10.8. The van der Waals surface area contributed by atoms with Gasteiger partial charge in [0.2, 0.25) is 11.8 Å². The number of benzene rings is 3. The van der Waals surface area contributed by atoms with Gasteiger partial charge in [-0.05, 0) is 60.5 Å². The molecule has 0 aliphatic heterocycles. The smallest absolute Gasteiger partial charge is 0.264 e. The van der Waals surface area contributed by atoms with Crippen LogP contribution in [0.5, 0.6) is 0 Å². The van der Waals surface area contributed by atoms with Crippen LogP contribution >= 0.6 is 23.2 Å². The molecule has 0 saturated carbocycles. The van der Waals surface area contributed by atoms with E-state index in [1.807, 2.05) is 0 Å². The first kappa shape index (κ1) is 28.4. The predicted octanol–water partition coefficient (Wildman–Crippen LogP) is 4.88. The Bertz CT molecular complexity index is 1360. The largest absolute Gasteiger partial charge is 0.357 e. The minimum absolute atomic E-state index is 0.0556. The van der Waals surface area contributed by atoms with Crippen LogP contribution in [-0.2, 0) is 26.2 Å². The Hall–Kier alpha value is -3.14. The molecule has 7 nitrogen and oxygen atoms in total. The molecule has 1 N–H and O–H groups in total. The number of carbonyl (C=O) groups excluding carboxylic acids is 2. The second-order valence-electron chi connectivity index (χ2n) is 8.10. The number of halogens is 3. The van der Waals surface area contributed by atoms with Crippen molar-refractivity contribution in [2.75, 3.05) is 17.9 Å². The minimum atomic E-state index is -4.27. The summed E-state index contributed by atoms with van der Waals surface area (Å²) in [6.45, 7) is 1.08. The SMILES string of the molecule is CC[C@@H](C(=O)NC)N(Cc1ccc(Cl)cc1Cl)C(=O)CN(c1ccccc1)S(=O)(=O)c1ccc(F)cc1. The highest BCUT2D eigenvalue weighted by atomic mass is 35.5. The van der Waals surface area contributed by atoms with Gasteiger partial charge in [-0.1, -0.05) is 54.4 Å². The van der Waals surface area contributed by atoms with Crippen LogP contribution in [0, 0.1) is 5.82 Å². The molecule has 0 aliphatic carbocycles. The van der Waals surface area contributed by atoms with E-state index in [1.54, 1.807) is 49.4 Å². The third-order valence-electron chi connectivity index (χ3n) is 5.71. The Morgan fingerprint density at radius 3 is 2.22 bits per heavy atom. The van der Waals surface area contributed by atoms with Crippen molar-refractivity contribution >= 4 is 50.7 Å². The number of carbonyl (C=O) groups is 2. The van der Waals surface area contributed by atoms with Gasteiger partial charge in [-0.15, -0.1) is 0 Å². The molecule has 0 fully saturated rings. The number of amides is 2. The molecule has 0 radical (unpaired) electrons. The third kappa shape index (κ3) is 6.80. The van der Waals surface area contributed by atoms with Gasteiger partial charge in [0.05, 0.1) is 10.6 Å². The van der Waals surface area contributed by atoms with Crippen molar-refractivity contribution in [2.24, 2.45) is 0 Å². The lowest BCUT2D eigenvalue weighted by molar-refractivity contribution is -0.140. The van der Waals surface area contributed by atoms with Gasteiger partial charge in [0, 0.05) is 23.6 Å². The fourth-order valence-electron chi connectivity index (χ4n) is 3.78. The van der Waals surface area contributed by atoms with E-state index in [-0.39, 0.29) is 23.5 Å². The Morgan fingerprint density at radius 2 is 1.65 bits per heavy atom. The van der Waals surface area contributed by atoms with Gasteiger partial charge in [0.1, 0.15) is 18.4 Å². The number of hydrogen-bond acceptors (Lipinski definition) is 4. The molecule has 0 heterocycles. The number of nitrogens with zero attached hydrogens (tertiary/aromatic N) is 2. The van der Waals surface area contributed by atoms with Gasteiger partial charge in [0.15, 0.2) is 0 Å². The summed E-state index contributed by atoms with van der Waals surface area (Å²) in [7, 11) is -2.81. The highest BCUT2D eigenvalue weighted by Crippen LogP contribution is 2.27. The van der Waals surface area contributed by atoms with Crippen LogP contribution in [-0.4, -0.2) is 44.8 Å². The number of likely N-dealkylation sites (N-methyl/N-ethyl adjacent to an activating group) is 1. The zero-order valence-electron chi connectivity index (χ0n) is 20.2. The molecular formula is C26H26Cl2FN3O4S. The van der Waals surface area contributed by atoms with Crippen molar-refractivity contribution in [3.05, 3.63) is 94.2 Å². The van der Waals surface area contributed by atoms with Gasteiger partial charge in [0.25, 0.3) is 10.0 Å². The van der Waals surface area contributed by atoms with Gasteiger partial charge in [-0.25, -0.2) is 12.8 Å². The number of para-hydroxylation sites is 1. The first-order valence-electron chi connectivity index (χ1n) is 11.4. The maximum absolute atomic E-state index is 13.8. The lowest BCUT2D eigenvalue weighted by Crippen LogP contribution is -2.51. The summed E-state index contributed by atoms with van der Waals surface area (Å²) in [6, 6.07) is 16.3. The Labute approximate surface area is 225 Å². The van der Waals surface area contributed by atoms with E-state index in [1.165, 1.54) is 18.0 Å². The zero-order valence-corrected chi connectivity index (χ0v) is 22.5. The van der Waals surface area contributed by atoms with Crippen LogP contribution in [0.15, 0.2) is 77.7 Å². The standard InChI is InChI=1S/C26H26Cl2FN3O4S/c1-3-24(26(34)30-2)31(16-18-9-10-19(27)15-23(18)28)25(33)17-32(21-7-5-4-6-8-21)37(35,36)22-13-11-20(29)12-14-22/h4-15,24H,3,16-17H2,1-2H3,(H,30,34)/t24-/m0/s1. The van der Waals surface area contributed by atoms with E-state index in [2.05, 4.69) is 5.32 Å². The van der Waals surface area contributed by atoms with Gasteiger partial charge in [-0.3, -0.25) is 13.9 Å². The molecule has 0 aromatic heterocycles. The van der Waals surface area contributed by atoms with E-state index < -0.39 is 40.2 Å². The first-order valence-corrected chi connectivity index (χ1v) is 13.6. The highest BCUT2D eigenvalue weighted by Gasteiger charge is 2.33. The van der Waals surface area contributed by atoms with Crippen LogP contribution in [0.1, 0.15) is 18.9 Å². The van der Waals surface area contributed by atoms with E-state index in [4.69, 9.17) is 23.2 Å². The van der Waals surface area contributed by atoms with Crippen LogP contribution in [0.2, 0.25) is 10.0 Å². The zero-order chi connectivity index (χ0) is 27.2. The quantitative estimate of drug-likeness (QED) is 0.379. The fraction of sp³-hybridized carbons (Fsp3) is 0.231. The number of nitrogens with one attached hydrogen (secondary N) is 1. The summed E-state index contributed by atoms with van der Waals surface area (Å²) >= 11 is 12.4. The molecule has 37 heavy (non-hydrogen) atoms. The van der Waals surface area contributed by atoms with E-state index in [0.29, 0.717) is 15.6 Å². The number of rotatable bonds is 10. The molecule has 3 aromatic rings. The summed E-state index contributed by atoms with van der Waals surface area (Å²) in [5.74, 6) is -1.63. The van der Waals surface area contributed by atoms with Gasteiger partial charge < -0.3 is 10.2 Å². The average Bonchev–Trinajstić information content (AvgIpc) is 2.88. The second kappa shape index (κ2) is 12.4. The van der Waals surface area contributed by atoms with Crippen molar-refractivity contribution in [2.45, 2.75) is 30.8 Å². The normalized spacial score (nSPS) is 12.0. The van der Waals surface area contributed by atoms with Crippen molar-refractivity contribution in [1.82, 2.24) is 10.2 Å². The molecule has 0 saturated heterocycles. The highest BCUT2D eigenvalue weighted by molar-refractivity contribution is 7.92. The molecule has 3 rings (SSSR count). The fourth-order valence-corrected chi connectivity index (χ4v) is 5.66. The lowest BCUT2D eigenvalue weighted by Gasteiger charge is -2.33. The van der Waals surface area contributed by atoms with Crippen molar-refractivity contribution in [1.29, 1.82) is 0 Å². The topological polar surface area (TPSA) is 86.8 Å². The molecule has 2 amide bonds. The molecular weight excluding hydrogens is 540 g/mol. The van der Waals surface area contributed by atoms with Crippen LogP contribution < -0.4 is 9.62 Å². The average molecular weight is 566 g/mol.